The first-order chi connectivity index (χ1) is 11.2. The van der Waals surface area contributed by atoms with Gasteiger partial charge in [0.2, 0.25) is 0 Å². The standard InChI is InChI=1S/C16H21N3O5/c1-16(2,3)23-15(22)19-8-13(20)14(21)12(19)7-9-4-5-10-11(6-9)18-24-17-10/h4-6,12-14,20-21H,7-8H2,1-3H3/t12-,13+,14+/m1/s1. The number of aromatic nitrogens is 2. The molecule has 3 rings (SSSR count). The minimum Gasteiger partial charge on any atom is -0.444 e. The van der Waals surface area contributed by atoms with Gasteiger partial charge in [0.25, 0.3) is 0 Å². The monoisotopic (exact) mass is 335 g/mol. The zero-order valence-electron chi connectivity index (χ0n) is 13.8. The molecule has 1 amide bonds. The Kier molecular flexibility index (Phi) is 4.18. The Labute approximate surface area is 139 Å². The molecule has 0 bridgehead atoms. The number of fused-ring (bicyclic) bond motifs is 1. The van der Waals surface area contributed by atoms with Crippen molar-refractivity contribution in [3.8, 4) is 0 Å². The van der Waals surface area contributed by atoms with E-state index in [0.29, 0.717) is 17.5 Å². The lowest BCUT2D eigenvalue weighted by molar-refractivity contribution is 0.0139. The highest BCUT2D eigenvalue weighted by Gasteiger charge is 2.43. The second-order valence-electron chi connectivity index (χ2n) is 7.05. The third-order valence-corrected chi connectivity index (χ3v) is 3.96. The van der Waals surface area contributed by atoms with Crippen LogP contribution in [-0.2, 0) is 11.2 Å². The lowest BCUT2D eigenvalue weighted by atomic mass is 10.0. The molecule has 2 aromatic rings. The minimum atomic E-state index is -1.04. The van der Waals surface area contributed by atoms with Crippen molar-refractivity contribution in [1.82, 2.24) is 15.2 Å². The average molecular weight is 335 g/mol. The van der Waals surface area contributed by atoms with Crippen LogP contribution in [0.5, 0.6) is 0 Å². The number of amides is 1. The molecule has 130 valence electrons. The molecule has 2 heterocycles. The number of hydrogen-bond donors (Lipinski definition) is 2. The van der Waals surface area contributed by atoms with Crippen LogP contribution >= 0.6 is 0 Å². The van der Waals surface area contributed by atoms with Crippen LogP contribution in [0.3, 0.4) is 0 Å². The summed E-state index contributed by atoms with van der Waals surface area (Å²) in [5, 5.41) is 27.8. The Morgan fingerprint density at radius 3 is 2.75 bits per heavy atom. The molecule has 1 aromatic carbocycles. The van der Waals surface area contributed by atoms with E-state index in [1.165, 1.54) is 4.90 Å². The maximum absolute atomic E-state index is 12.4. The van der Waals surface area contributed by atoms with Gasteiger partial charge in [-0.05, 0) is 55.2 Å². The molecule has 1 aliphatic rings. The summed E-state index contributed by atoms with van der Waals surface area (Å²) in [6.07, 6.45) is -2.23. The van der Waals surface area contributed by atoms with Crippen molar-refractivity contribution in [2.45, 2.75) is 51.0 Å². The van der Waals surface area contributed by atoms with E-state index in [1.807, 2.05) is 6.07 Å². The van der Waals surface area contributed by atoms with Crippen molar-refractivity contribution in [2.24, 2.45) is 0 Å². The topological polar surface area (TPSA) is 109 Å². The van der Waals surface area contributed by atoms with Crippen molar-refractivity contribution in [2.75, 3.05) is 6.54 Å². The number of benzene rings is 1. The summed E-state index contributed by atoms with van der Waals surface area (Å²) < 4.78 is 10.0. The van der Waals surface area contributed by atoms with E-state index in [0.717, 1.165) is 5.56 Å². The van der Waals surface area contributed by atoms with Crippen LogP contribution < -0.4 is 0 Å². The average Bonchev–Trinajstić information content (AvgIpc) is 3.05. The molecule has 24 heavy (non-hydrogen) atoms. The summed E-state index contributed by atoms with van der Waals surface area (Å²) in [5.41, 5.74) is 1.44. The maximum atomic E-state index is 12.4. The van der Waals surface area contributed by atoms with Gasteiger partial charge in [-0.3, -0.25) is 4.90 Å². The van der Waals surface area contributed by atoms with Gasteiger partial charge in [0, 0.05) is 0 Å². The quantitative estimate of drug-likeness (QED) is 0.846. The highest BCUT2D eigenvalue weighted by molar-refractivity contribution is 5.74. The number of likely N-dealkylation sites (tertiary alicyclic amines) is 1. The van der Waals surface area contributed by atoms with Crippen molar-refractivity contribution >= 4 is 17.1 Å². The molecule has 0 radical (unpaired) electrons. The van der Waals surface area contributed by atoms with Crippen LogP contribution in [0.25, 0.3) is 11.0 Å². The highest BCUT2D eigenvalue weighted by atomic mass is 16.6. The predicted octanol–water partition coefficient (Wildman–Crippen LogP) is 1.11. The summed E-state index contributed by atoms with van der Waals surface area (Å²) in [7, 11) is 0. The molecule has 1 saturated heterocycles. The van der Waals surface area contributed by atoms with Crippen LogP contribution in [0.1, 0.15) is 26.3 Å². The molecule has 8 nitrogen and oxygen atoms in total. The number of ether oxygens (including phenoxy) is 1. The Morgan fingerprint density at radius 2 is 2.04 bits per heavy atom. The minimum absolute atomic E-state index is 0.0362. The number of nitrogens with zero attached hydrogens (tertiary/aromatic N) is 3. The fraction of sp³-hybridized carbons (Fsp3) is 0.562. The number of aliphatic hydroxyl groups is 2. The number of rotatable bonds is 2. The van der Waals surface area contributed by atoms with E-state index in [9.17, 15) is 15.0 Å². The largest absolute Gasteiger partial charge is 0.444 e. The van der Waals surface area contributed by atoms with Gasteiger partial charge in [-0.15, -0.1) is 0 Å². The normalized spacial score (nSPS) is 24.5. The third-order valence-electron chi connectivity index (χ3n) is 3.96. The van der Waals surface area contributed by atoms with E-state index in [-0.39, 0.29) is 6.54 Å². The summed E-state index contributed by atoms with van der Waals surface area (Å²) in [6.45, 7) is 5.35. The van der Waals surface area contributed by atoms with E-state index >= 15 is 0 Å². The van der Waals surface area contributed by atoms with Gasteiger partial charge in [-0.2, -0.15) is 0 Å². The Bertz CT molecular complexity index is 739. The predicted molar refractivity (Wildman–Crippen MR) is 84.2 cm³/mol. The highest BCUT2D eigenvalue weighted by Crippen LogP contribution is 2.25. The summed E-state index contributed by atoms with van der Waals surface area (Å²) in [4.78, 5) is 13.7. The molecule has 2 N–H and O–H groups in total. The van der Waals surface area contributed by atoms with Crippen molar-refractivity contribution in [3.63, 3.8) is 0 Å². The molecule has 0 spiro atoms. The molecule has 0 aliphatic carbocycles. The van der Waals surface area contributed by atoms with E-state index in [2.05, 4.69) is 14.9 Å². The Balaban J connectivity index is 1.80. The zero-order chi connectivity index (χ0) is 17.5. The van der Waals surface area contributed by atoms with E-state index < -0.39 is 29.9 Å². The lowest BCUT2D eigenvalue weighted by Gasteiger charge is -2.29. The SMILES string of the molecule is CC(C)(C)OC(=O)N1C[C@H](O)[C@@H](O)[C@H]1Cc1ccc2nonc2c1. The number of carbonyl (C=O) groups is 1. The van der Waals surface area contributed by atoms with Crippen molar-refractivity contribution in [1.29, 1.82) is 0 Å². The van der Waals surface area contributed by atoms with Gasteiger partial charge >= 0.3 is 6.09 Å². The van der Waals surface area contributed by atoms with Gasteiger partial charge in [0.05, 0.1) is 18.7 Å². The van der Waals surface area contributed by atoms with Crippen LogP contribution in [0.15, 0.2) is 22.8 Å². The summed E-state index contributed by atoms with van der Waals surface area (Å²) in [6, 6.07) is 4.80. The maximum Gasteiger partial charge on any atom is 0.410 e. The first-order valence-corrected chi connectivity index (χ1v) is 7.81. The smallest absolute Gasteiger partial charge is 0.410 e. The zero-order valence-corrected chi connectivity index (χ0v) is 13.8. The molecular formula is C16H21N3O5. The van der Waals surface area contributed by atoms with E-state index in [4.69, 9.17) is 4.74 Å². The van der Waals surface area contributed by atoms with Crippen molar-refractivity contribution in [3.05, 3.63) is 23.8 Å². The number of aliphatic hydroxyl groups excluding tert-OH is 2. The molecule has 1 fully saturated rings. The molecule has 8 heteroatoms. The number of hydrogen-bond acceptors (Lipinski definition) is 7. The van der Waals surface area contributed by atoms with Crippen molar-refractivity contribution < 1.29 is 24.4 Å². The van der Waals surface area contributed by atoms with Gasteiger partial charge in [0.15, 0.2) is 0 Å². The Morgan fingerprint density at radius 1 is 1.33 bits per heavy atom. The molecule has 3 atom stereocenters. The molecular weight excluding hydrogens is 314 g/mol. The van der Waals surface area contributed by atoms with Gasteiger partial charge < -0.3 is 14.9 Å². The second-order valence-corrected chi connectivity index (χ2v) is 7.05. The molecule has 0 saturated carbocycles. The number of β-amino-alcohol motifs (C(OH)–C–C–N with tert-alkyl or cyclic N) is 1. The molecule has 0 unspecified atom stereocenters. The summed E-state index contributed by atoms with van der Waals surface area (Å²) >= 11 is 0. The lowest BCUT2D eigenvalue weighted by Crippen LogP contribution is -2.43. The van der Waals surface area contributed by atoms with E-state index in [1.54, 1.807) is 32.9 Å². The second kappa shape index (κ2) is 6.03. The van der Waals surface area contributed by atoms with Gasteiger partial charge in [-0.25, -0.2) is 9.42 Å². The fourth-order valence-corrected chi connectivity index (χ4v) is 2.84. The first-order valence-electron chi connectivity index (χ1n) is 7.81. The van der Waals surface area contributed by atoms with Crippen LogP contribution in [0.4, 0.5) is 4.79 Å². The van der Waals surface area contributed by atoms with Crippen LogP contribution in [-0.4, -0.2) is 61.9 Å². The van der Waals surface area contributed by atoms with Crippen LogP contribution in [0.2, 0.25) is 0 Å². The van der Waals surface area contributed by atoms with Gasteiger partial charge in [-0.1, -0.05) is 6.07 Å². The molecule has 1 aliphatic heterocycles. The molecule has 1 aromatic heterocycles. The Hall–Kier alpha value is -2.19. The van der Waals surface area contributed by atoms with Crippen LogP contribution in [0, 0.1) is 0 Å². The van der Waals surface area contributed by atoms with Gasteiger partial charge in [0.1, 0.15) is 22.7 Å². The number of carbonyl (C=O) groups excluding carboxylic acids is 1. The fourth-order valence-electron chi connectivity index (χ4n) is 2.84. The summed E-state index contributed by atoms with van der Waals surface area (Å²) in [5.74, 6) is 0. The third kappa shape index (κ3) is 3.34. The first kappa shape index (κ1) is 16.7.